The summed E-state index contributed by atoms with van der Waals surface area (Å²) in [5.41, 5.74) is 2.84. The minimum atomic E-state index is -0.560. The lowest BCUT2D eigenvalue weighted by Gasteiger charge is -2.15. The predicted molar refractivity (Wildman–Crippen MR) is 193 cm³/mol. The number of aromatic nitrogens is 1. The molecule has 9 nitrogen and oxygen atoms in total. The van der Waals surface area contributed by atoms with Crippen molar-refractivity contribution in [3.63, 3.8) is 0 Å². The maximum absolute atomic E-state index is 13.7. The van der Waals surface area contributed by atoms with Crippen molar-refractivity contribution >= 4 is 69.3 Å². The third-order valence-electron chi connectivity index (χ3n) is 6.92. The second kappa shape index (κ2) is 16.1. The van der Waals surface area contributed by atoms with Crippen molar-refractivity contribution in [2.45, 2.75) is 17.1 Å². The van der Waals surface area contributed by atoms with E-state index >= 15 is 0 Å². The summed E-state index contributed by atoms with van der Waals surface area (Å²) < 4.78 is 10.9. The van der Waals surface area contributed by atoms with Crippen molar-refractivity contribution in [1.29, 1.82) is 0 Å². The Morgan fingerprint density at radius 1 is 0.896 bits per heavy atom. The molecular weight excluding hydrogens is 668 g/mol. The molecule has 48 heavy (non-hydrogen) atoms. The Kier molecular flexibility index (Phi) is 11.5. The van der Waals surface area contributed by atoms with E-state index in [0.29, 0.717) is 44.2 Å². The van der Waals surface area contributed by atoms with E-state index < -0.39 is 17.1 Å². The molecule has 0 spiro atoms. The number of para-hydroxylation sites is 1. The first-order valence-corrected chi connectivity index (χ1v) is 16.8. The molecule has 12 heteroatoms. The van der Waals surface area contributed by atoms with Gasteiger partial charge >= 0.3 is 0 Å². The molecule has 0 radical (unpaired) electrons. The Morgan fingerprint density at radius 2 is 1.65 bits per heavy atom. The van der Waals surface area contributed by atoms with Gasteiger partial charge in [-0.05, 0) is 55.5 Å². The van der Waals surface area contributed by atoms with Crippen LogP contribution in [-0.2, 0) is 9.59 Å². The lowest BCUT2D eigenvalue weighted by Crippen LogP contribution is -2.30. The van der Waals surface area contributed by atoms with Gasteiger partial charge in [0.2, 0.25) is 5.91 Å². The van der Waals surface area contributed by atoms with Crippen LogP contribution in [0.1, 0.15) is 22.8 Å². The third kappa shape index (κ3) is 8.62. The first-order valence-electron chi connectivity index (χ1n) is 14.6. The van der Waals surface area contributed by atoms with Gasteiger partial charge in [-0.1, -0.05) is 66.2 Å². The Hall–Kier alpha value is -5.10. The zero-order valence-electron chi connectivity index (χ0n) is 26.2. The summed E-state index contributed by atoms with van der Waals surface area (Å²) in [5.74, 6) is -0.366. The van der Waals surface area contributed by atoms with Crippen molar-refractivity contribution in [3.05, 3.63) is 124 Å². The molecule has 0 aliphatic carbocycles. The lowest BCUT2D eigenvalue weighted by atomic mass is 10.1. The van der Waals surface area contributed by atoms with Gasteiger partial charge in [-0.2, -0.15) is 0 Å². The molecule has 0 fully saturated rings. The average Bonchev–Trinajstić information content (AvgIpc) is 3.56. The first-order chi connectivity index (χ1) is 23.2. The summed E-state index contributed by atoms with van der Waals surface area (Å²) in [7, 11) is 3.01. The zero-order chi connectivity index (χ0) is 34.0. The zero-order valence-corrected chi connectivity index (χ0v) is 28.5. The van der Waals surface area contributed by atoms with Gasteiger partial charge in [0.05, 0.1) is 25.2 Å². The van der Waals surface area contributed by atoms with Crippen LogP contribution in [0.5, 0.6) is 11.5 Å². The number of nitrogens with zero attached hydrogens (tertiary/aromatic N) is 1. The highest BCUT2D eigenvalue weighted by atomic mass is 35.5. The highest BCUT2D eigenvalue weighted by Gasteiger charge is 2.20. The minimum Gasteiger partial charge on any atom is -0.493 e. The monoisotopic (exact) mass is 698 g/mol. The van der Waals surface area contributed by atoms with Crippen LogP contribution in [0, 0.1) is 0 Å². The summed E-state index contributed by atoms with van der Waals surface area (Å²) >= 11 is 8.94. The Morgan fingerprint density at radius 3 is 2.40 bits per heavy atom. The fourth-order valence-corrected chi connectivity index (χ4v) is 6.43. The summed E-state index contributed by atoms with van der Waals surface area (Å²) in [4.78, 5) is 45.1. The van der Waals surface area contributed by atoms with E-state index in [2.05, 4.69) is 20.9 Å². The molecule has 0 saturated heterocycles. The Bertz CT molecular complexity index is 1970. The molecule has 1 aromatic heterocycles. The SMILES string of the molecule is COc1cccc(/C=C(/NC(=O)c2ccccc2)C(=O)Nc2cccc(SC(C)C(=O)Nc3nc(-c4ccccc4Cl)cs3)c2)c1OC. The second-order valence-electron chi connectivity index (χ2n) is 10.2. The highest BCUT2D eigenvalue weighted by molar-refractivity contribution is 8.00. The molecule has 3 amide bonds. The number of thiazole rings is 1. The number of anilines is 2. The number of nitrogens with one attached hydrogen (secondary N) is 3. The molecule has 5 rings (SSSR count). The molecule has 1 atom stereocenters. The topological polar surface area (TPSA) is 119 Å². The first kappa shape index (κ1) is 34.2. The van der Waals surface area contributed by atoms with Gasteiger partial charge in [-0.3, -0.25) is 14.4 Å². The van der Waals surface area contributed by atoms with Gasteiger partial charge in [-0.25, -0.2) is 4.98 Å². The van der Waals surface area contributed by atoms with Crippen molar-refractivity contribution in [2.24, 2.45) is 0 Å². The van der Waals surface area contributed by atoms with Crippen LogP contribution in [0.2, 0.25) is 5.02 Å². The molecule has 5 aromatic rings. The molecule has 0 aliphatic rings. The van der Waals surface area contributed by atoms with Crippen LogP contribution in [0.25, 0.3) is 17.3 Å². The smallest absolute Gasteiger partial charge is 0.272 e. The number of benzene rings is 4. The summed E-state index contributed by atoms with van der Waals surface area (Å²) in [5, 5.41) is 10.9. The van der Waals surface area contributed by atoms with Crippen molar-refractivity contribution in [2.75, 3.05) is 24.9 Å². The maximum atomic E-state index is 13.7. The van der Waals surface area contributed by atoms with E-state index in [1.807, 2.05) is 29.6 Å². The van der Waals surface area contributed by atoms with Crippen LogP contribution >= 0.6 is 34.7 Å². The molecular formula is C36H31ClN4O5S2. The second-order valence-corrected chi connectivity index (χ2v) is 12.9. The molecule has 1 heterocycles. The van der Waals surface area contributed by atoms with Crippen molar-refractivity contribution in [1.82, 2.24) is 10.3 Å². The van der Waals surface area contributed by atoms with Gasteiger partial charge in [0.1, 0.15) is 5.70 Å². The number of carbonyl (C=O) groups excluding carboxylic acids is 3. The number of hydrogen-bond acceptors (Lipinski definition) is 8. The van der Waals surface area contributed by atoms with Gasteiger partial charge in [0.25, 0.3) is 11.8 Å². The van der Waals surface area contributed by atoms with Crippen LogP contribution in [-0.4, -0.2) is 42.2 Å². The normalized spacial score (nSPS) is 11.7. The van der Waals surface area contributed by atoms with E-state index in [0.717, 1.165) is 10.5 Å². The fraction of sp³-hybridized carbons (Fsp3) is 0.111. The largest absolute Gasteiger partial charge is 0.493 e. The average molecular weight is 699 g/mol. The van der Waals surface area contributed by atoms with Crippen LogP contribution in [0.3, 0.4) is 0 Å². The summed E-state index contributed by atoms with van der Waals surface area (Å²) in [6, 6.07) is 28.3. The van der Waals surface area contributed by atoms with Crippen molar-refractivity contribution in [3.8, 4) is 22.8 Å². The lowest BCUT2D eigenvalue weighted by molar-refractivity contribution is -0.115. The van der Waals surface area contributed by atoms with E-state index in [-0.39, 0.29) is 11.6 Å². The van der Waals surface area contributed by atoms with E-state index in [9.17, 15) is 14.4 Å². The summed E-state index contributed by atoms with van der Waals surface area (Å²) in [6.45, 7) is 1.79. The molecule has 1 unspecified atom stereocenters. The predicted octanol–water partition coefficient (Wildman–Crippen LogP) is 8.01. The van der Waals surface area contributed by atoms with Gasteiger partial charge in [-0.15, -0.1) is 23.1 Å². The molecule has 0 aliphatic heterocycles. The Balaban J connectivity index is 1.30. The fourth-order valence-electron chi connectivity index (χ4n) is 4.56. The van der Waals surface area contributed by atoms with Gasteiger partial charge in [0.15, 0.2) is 16.6 Å². The molecule has 0 bridgehead atoms. The quantitative estimate of drug-likeness (QED) is 0.0892. The number of methoxy groups -OCH3 is 2. The third-order valence-corrected chi connectivity index (χ3v) is 9.10. The molecule has 0 saturated carbocycles. The molecule has 3 N–H and O–H groups in total. The number of ether oxygens (including phenoxy) is 2. The maximum Gasteiger partial charge on any atom is 0.272 e. The number of rotatable bonds is 12. The van der Waals surface area contributed by atoms with Crippen LogP contribution in [0.4, 0.5) is 10.8 Å². The van der Waals surface area contributed by atoms with E-state index in [1.165, 1.54) is 43.4 Å². The minimum absolute atomic E-state index is 0.0131. The molecule has 244 valence electrons. The summed E-state index contributed by atoms with van der Waals surface area (Å²) in [6.07, 6.45) is 1.53. The van der Waals surface area contributed by atoms with Crippen LogP contribution in [0.15, 0.2) is 113 Å². The number of thioether (sulfide) groups is 1. The number of amides is 3. The van der Waals surface area contributed by atoms with E-state index in [4.69, 9.17) is 21.1 Å². The van der Waals surface area contributed by atoms with Gasteiger partial charge < -0.3 is 25.4 Å². The highest BCUT2D eigenvalue weighted by Crippen LogP contribution is 2.33. The molecule has 4 aromatic carbocycles. The number of hydrogen-bond donors (Lipinski definition) is 3. The van der Waals surface area contributed by atoms with Crippen molar-refractivity contribution < 1.29 is 23.9 Å². The van der Waals surface area contributed by atoms with Crippen LogP contribution < -0.4 is 25.4 Å². The Labute approximate surface area is 291 Å². The van der Waals surface area contributed by atoms with E-state index in [1.54, 1.807) is 79.7 Å². The number of halogens is 1. The van der Waals surface area contributed by atoms with Gasteiger partial charge in [0, 0.05) is 37.7 Å². The number of carbonyl (C=O) groups is 3. The standard InChI is InChI=1S/C36H31ClN4O5S2/c1-22(33(42)41-36-40-30(21-47-36)27-16-7-8-17-28(27)37)48-26-15-10-14-25(20-26)38-35(44)29(39-34(43)23-11-5-4-6-12-23)19-24-13-9-18-31(45-2)32(24)46-3/h4-22H,1-3H3,(H,38,44)(H,39,43)(H,40,41,42)/b29-19+.